The lowest BCUT2D eigenvalue weighted by atomic mass is 10.1. The number of Topliss-reactive ketones (excluding diaryl/α,β-unsaturated/α-hetero) is 1. The first-order chi connectivity index (χ1) is 8.27. The predicted octanol–water partition coefficient (Wildman–Crippen LogP) is 1.82. The highest BCUT2D eigenvalue weighted by Gasteiger charge is 2.16. The molecular formula is C12H14O5. The van der Waals surface area contributed by atoms with Crippen LogP contribution in [0.15, 0.2) is 16.5 Å². The number of ether oxygens (including phenoxy) is 2. The van der Waals surface area contributed by atoms with E-state index in [1.54, 1.807) is 0 Å². The topological polar surface area (TPSA) is 65.7 Å². The van der Waals surface area contributed by atoms with Crippen molar-refractivity contribution < 1.29 is 23.5 Å². The molecule has 0 aromatic carbocycles. The second-order valence-corrected chi connectivity index (χ2v) is 3.79. The largest absolute Gasteiger partial charge is 0.457 e. The van der Waals surface area contributed by atoms with Gasteiger partial charge in [0.25, 0.3) is 0 Å². The van der Waals surface area contributed by atoms with Gasteiger partial charge in [0.1, 0.15) is 6.61 Å². The van der Waals surface area contributed by atoms with E-state index in [-0.39, 0.29) is 23.9 Å². The average molecular weight is 238 g/mol. The van der Waals surface area contributed by atoms with Crippen LogP contribution in [0.25, 0.3) is 0 Å². The molecule has 0 amide bonds. The Kier molecular flexibility index (Phi) is 3.93. The van der Waals surface area contributed by atoms with Crippen LogP contribution in [0.4, 0.5) is 0 Å². The second kappa shape index (κ2) is 5.63. The van der Waals surface area contributed by atoms with E-state index in [2.05, 4.69) is 0 Å². The van der Waals surface area contributed by atoms with Gasteiger partial charge in [-0.15, -0.1) is 0 Å². The van der Waals surface area contributed by atoms with Crippen LogP contribution in [-0.4, -0.2) is 31.6 Å². The van der Waals surface area contributed by atoms with E-state index in [0.717, 1.165) is 12.8 Å². The summed E-state index contributed by atoms with van der Waals surface area (Å²) in [6.45, 7) is 1.14. The van der Waals surface area contributed by atoms with Crippen molar-refractivity contribution in [2.75, 3.05) is 19.8 Å². The summed E-state index contributed by atoms with van der Waals surface area (Å²) in [5.74, 6) is -0.375. The Morgan fingerprint density at radius 1 is 0.941 bits per heavy atom. The van der Waals surface area contributed by atoms with Crippen LogP contribution in [0.2, 0.25) is 0 Å². The molecule has 2 bridgehead atoms. The van der Waals surface area contributed by atoms with Gasteiger partial charge in [0, 0.05) is 13.0 Å². The molecule has 1 aromatic heterocycles. The van der Waals surface area contributed by atoms with Crippen LogP contribution < -0.4 is 0 Å². The molecule has 0 aliphatic carbocycles. The fourth-order valence-electron chi connectivity index (χ4n) is 1.58. The lowest BCUT2D eigenvalue weighted by molar-refractivity contribution is 0.0285. The van der Waals surface area contributed by atoms with Crippen molar-refractivity contribution >= 4 is 11.8 Å². The van der Waals surface area contributed by atoms with Crippen LogP contribution in [0.5, 0.6) is 0 Å². The molecule has 0 saturated heterocycles. The van der Waals surface area contributed by atoms with E-state index < -0.39 is 5.97 Å². The molecule has 0 unspecified atom stereocenters. The normalized spacial score (nSPS) is 18.8. The fraction of sp³-hybridized carbons (Fsp3) is 0.500. The zero-order valence-corrected chi connectivity index (χ0v) is 9.44. The number of hydrogen-bond donors (Lipinski definition) is 0. The summed E-state index contributed by atoms with van der Waals surface area (Å²) < 4.78 is 15.3. The van der Waals surface area contributed by atoms with Gasteiger partial charge in [0.05, 0.1) is 6.61 Å². The first kappa shape index (κ1) is 11.9. The Labute approximate surface area is 98.7 Å². The van der Waals surface area contributed by atoms with Crippen LogP contribution in [0.1, 0.15) is 40.4 Å². The summed E-state index contributed by atoms with van der Waals surface area (Å²) in [6.07, 6.45) is 1.97. The predicted molar refractivity (Wildman–Crippen MR) is 58.0 cm³/mol. The molecule has 92 valence electrons. The molecular weight excluding hydrogens is 224 g/mol. The summed E-state index contributed by atoms with van der Waals surface area (Å²) >= 11 is 0. The molecule has 1 aliphatic heterocycles. The highest BCUT2D eigenvalue weighted by atomic mass is 16.6. The van der Waals surface area contributed by atoms with Crippen molar-refractivity contribution in [3.05, 3.63) is 23.7 Å². The van der Waals surface area contributed by atoms with Gasteiger partial charge >= 0.3 is 5.97 Å². The van der Waals surface area contributed by atoms with Crippen molar-refractivity contribution in [3.63, 3.8) is 0 Å². The van der Waals surface area contributed by atoms with Crippen molar-refractivity contribution in [2.45, 2.75) is 19.3 Å². The lowest BCUT2D eigenvalue weighted by Gasteiger charge is -2.04. The number of carbonyl (C=O) groups excluding carboxylic acids is 2. The van der Waals surface area contributed by atoms with Crippen LogP contribution >= 0.6 is 0 Å². The fourth-order valence-corrected chi connectivity index (χ4v) is 1.58. The minimum atomic E-state index is -0.563. The summed E-state index contributed by atoms with van der Waals surface area (Å²) in [6, 6.07) is 2.98. The quantitative estimate of drug-likeness (QED) is 0.645. The average Bonchev–Trinajstić information content (AvgIpc) is 2.80. The second-order valence-electron chi connectivity index (χ2n) is 3.79. The van der Waals surface area contributed by atoms with Gasteiger partial charge in [-0.25, -0.2) is 4.79 Å². The highest BCUT2D eigenvalue weighted by Crippen LogP contribution is 2.13. The number of hydrogen-bond acceptors (Lipinski definition) is 5. The minimum absolute atomic E-state index is 0.0626. The van der Waals surface area contributed by atoms with Gasteiger partial charge in [-0.1, -0.05) is 0 Å². The molecule has 2 heterocycles. The number of carbonyl (C=O) groups is 2. The van der Waals surface area contributed by atoms with Crippen molar-refractivity contribution in [1.82, 2.24) is 0 Å². The van der Waals surface area contributed by atoms with Gasteiger partial charge in [-0.2, -0.15) is 0 Å². The lowest BCUT2D eigenvalue weighted by Crippen LogP contribution is -2.10. The first-order valence-corrected chi connectivity index (χ1v) is 5.65. The Balaban J connectivity index is 2.10. The van der Waals surface area contributed by atoms with Gasteiger partial charge in [-0.05, 0) is 25.0 Å². The van der Waals surface area contributed by atoms with Gasteiger partial charge in [-0.3, -0.25) is 4.79 Å². The molecule has 2 rings (SSSR count). The molecule has 1 aliphatic rings. The molecule has 5 nitrogen and oxygen atoms in total. The maximum absolute atomic E-state index is 11.7. The SMILES string of the molecule is O=C1CCCCOCCOC(=O)c2ccc1o2. The standard InChI is InChI=1S/C12H14O5/c13-9-3-1-2-6-15-7-8-16-12(14)11-5-4-10(9)17-11/h4-5H,1-3,6-8H2. The Hall–Kier alpha value is -1.62. The first-order valence-electron chi connectivity index (χ1n) is 5.65. The number of ketones is 1. The molecule has 0 N–H and O–H groups in total. The monoisotopic (exact) mass is 238 g/mol. The summed E-state index contributed by atoms with van der Waals surface area (Å²) in [5, 5.41) is 0. The third kappa shape index (κ3) is 3.17. The van der Waals surface area contributed by atoms with E-state index in [4.69, 9.17) is 13.9 Å². The van der Waals surface area contributed by atoms with Crippen LogP contribution in [-0.2, 0) is 9.47 Å². The number of esters is 1. The van der Waals surface area contributed by atoms with Crippen molar-refractivity contribution in [1.29, 1.82) is 0 Å². The third-order valence-corrected chi connectivity index (χ3v) is 2.49. The zero-order chi connectivity index (χ0) is 12.1. The Morgan fingerprint density at radius 3 is 2.65 bits per heavy atom. The molecule has 17 heavy (non-hydrogen) atoms. The molecule has 0 fully saturated rings. The van der Waals surface area contributed by atoms with Gasteiger partial charge in [0.2, 0.25) is 5.76 Å². The molecule has 0 radical (unpaired) electrons. The zero-order valence-electron chi connectivity index (χ0n) is 9.44. The van der Waals surface area contributed by atoms with E-state index in [1.165, 1.54) is 12.1 Å². The molecule has 1 aromatic rings. The summed E-state index contributed by atoms with van der Waals surface area (Å²) in [7, 11) is 0. The number of fused-ring (bicyclic) bond motifs is 2. The van der Waals surface area contributed by atoms with Crippen molar-refractivity contribution in [3.8, 4) is 0 Å². The van der Waals surface area contributed by atoms with Crippen LogP contribution in [0.3, 0.4) is 0 Å². The van der Waals surface area contributed by atoms with E-state index >= 15 is 0 Å². The maximum atomic E-state index is 11.7. The smallest absolute Gasteiger partial charge is 0.374 e. The summed E-state index contributed by atoms with van der Waals surface area (Å²) in [4.78, 5) is 23.1. The van der Waals surface area contributed by atoms with Crippen molar-refractivity contribution in [2.24, 2.45) is 0 Å². The number of rotatable bonds is 0. The minimum Gasteiger partial charge on any atom is -0.457 e. The Morgan fingerprint density at radius 2 is 1.76 bits per heavy atom. The molecule has 0 saturated carbocycles. The van der Waals surface area contributed by atoms with E-state index in [1.807, 2.05) is 0 Å². The molecule has 5 heteroatoms. The number of cyclic esters (lactones) is 1. The van der Waals surface area contributed by atoms with E-state index in [9.17, 15) is 9.59 Å². The highest BCUT2D eigenvalue weighted by molar-refractivity contribution is 5.95. The van der Waals surface area contributed by atoms with E-state index in [0.29, 0.717) is 19.6 Å². The third-order valence-electron chi connectivity index (χ3n) is 2.49. The molecule has 0 atom stereocenters. The van der Waals surface area contributed by atoms with Crippen LogP contribution in [0, 0.1) is 0 Å². The van der Waals surface area contributed by atoms with Gasteiger partial charge < -0.3 is 13.9 Å². The van der Waals surface area contributed by atoms with Gasteiger partial charge in [0.15, 0.2) is 11.5 Å². The molecule has 0 spiro atoms. The Bertz CT molecular complexity index is 370. The maximum Gasteiger partial charge on any atom is 0.374 e. The number of furan rings is 1. The summed E-state index contributed by atoms with van der Waals surface area (Å²) in [5.41, 5.74) is 0.